The third-order valence-electron chi connectivity index (χ3n) is 7.06. The average Bonchev–Trinajstić information content (AvgIpc) is 2.79. The van der Waals surface area contributed by atoms with E-state index in [0.29, 0.717) is 12.3 Å². The minimum absolute atomic E-state index is 0.112. The number of halogens is 1. The van der Waals surface area contributed by atoms with Gasteiger partial charge in [-0.15, -0.1) is 0 Å². The molecule has 1 heterocycles. The van der Waals surface area contributed by atoms with E-state index in [0.717, 1.165) is 50.7 Å². The van der Waals surface area contributed by atoms with Gasteiger partial charge in [-0.1, -0.05) is 12.8 Å². The second-order valence-electron chi connectivity index (χ2n) is 8.95. The van der Waals surface area contributed by atoms with Crippen LogP contribution >= 0.6 is 0 Å². The molecule has 1 atom stereocenters. The van der Waals surface area contributed by atoms with Gasteiger partial charge in [0.1, 0.15) is 11.9 Å². The van der Waals surface area contributed by atoms with E-state index in [1.54, 1.807) is 19.2 Å². The van der Waals surface area contributed by atoms with Crippen molar-refractivity contribution in [3.8, 4) is 6.07 Å². The van der Waals surface area contributed by atoms with E-state index in [1.165, 1.54) is 38.2 Å². The molecule has 3 rings (SSSR count). The van der Waals surface area contributed by atoms with Crippen LogP contribution in [0.2, 0.25) is 0 Å². The van der Waals surface area contributed by atoms with Crippen LogP contribution in [0.15, 0.2) is 18.2 Å². The minimum Gasteiger partial charge on any atom is -0.381 e. The number of primary amides is 1. The largest absolute Gasteiger partial charge is 0.381 e. The highest BCUT2D eigenvalue weighted by Gasteiger charge is 2.28. The van der Waals surface area contributed by atoms with Crippen molar-refractivity contribution in [3.05, 3.63) is 29.6 Å². The van der Waals surface area contributed by atoms with Crippen LogP contribution in [0.4, 0.5) is 10.1 Å². The molecular weight excluding hydrogens is 395 g/mol. The monoisotopic (exact) mass is 430 g/mol. The number of methoxy groups -OCH3 is 1. The fourth-order valence-corrected chi connectivity index (χ4v) is 5.07. The van der Waals surface area contributed by atoms with Gasteiger partial charge in [-0.05, 0) is 62.3 Å². The first kappa shape index (κ1) is 23.5. The number of benzene rings is 1. The number of carbonyl (C=O) groups excluding carboxylic acids is 1. The Morgan fingerprint density at radius 3 is 2.58 bits per heavy atom. The number of nitrogens with two attached hydrogens (primary N) is 1. The molecule has 1 aliphatic carbocycles. The van der Waals surface area contributed by atoms with Crippen LogP contribution in [0.1, 0.15) is 50.5 Å². The molecule has 0 bridgehead atoms. The van der Waals surface area contributed by atoms with Gasteiger partial charge in [-0.25, -0.2) is 4.39 Å². The summed E-state index contributed by atoms with van der Waals surface area (Å²) in [5.74, 6) is 0.599. The molecule has 31 heavy (non-hydrogen) atoms. The molecule has 2 aliphatic rings. The van der Waals surface area contributed by atoms with Crippen molar-refractivity contribution < 1.29 is 13.9 Å². The van der Waals surface area contributed by atoms with E-state index in [2.05, 4.69) is 9.80 Å². The fourth-order valence-electron chi connectivity index (χ4n) is 5.07. The van der Waals surface area contributed by atoms with Crippen LogP contribution in [0.3, 0.4) is 0 Å². The summed E-state index contributed by atoms with van der Waals surface area (Å²) in [5.41, 5.74) is 6.33. The van der Waals surface area contributed by atoms with Crippen molar-refractivity contribution in [2.24, 2.45) is 17.6 Å². The Morgan fingerprint density at radius 2 is 1.97 bits per heavy atom. The van der Waals surface area contributed by atoms with Crippen LogP contribution in [-0.4, -0.2) is 56.7 Å². The van der Waals surface area contributed by atoms with E-state index in [-0.39, 0.29) is 17.6 Å². The average molecular weight is 431 g/mol. The molecule has 1 aromatic carbocycles. The van der Waals surface area contributed by atoms with Gasteiger partial charge in [-0.2, -0.15) is 5.26 Å². The molecule has 0 radical (unpaired) electrons. The zero-order chi connectivity index (χ0) is 22.2. The third-order valence-corrected chi connectivity index (χ3v) is 7.06. The van der Waals surface area contributed by atoms with Crippen LogP contribution in [0.25, 0.3) is 0 Å². The summed E-state index contributed by atoms with van der Waals surface area (Å²) in [6.07, 6.45) is 7.30. The first-order chi connectivity index (χ1) is 15.0. The second kappa shape index (κ2) is 11.4. The van der Waals surface area contributed by atoms with Gasteiger partial charge in [0, 0.05) is 45.4 Å². The molecule has 0 spiro atoms. The zero-order valence-electron chi connectivity index (χ0n) is 18.6. The summed E-state index contributed by atoms with van der Waals surface area (Å²) in [4.78, 5) is 15.8. The maximum Gasteiger partial charge on any atom is 0.217 e. The van der Waals surface area contributed by atoms with Crippen LogP contribution in [0.5, 0.6) is 0 Å². The lowest BCUT2D eigenvalue weighted by Gasteiger charge is -2.38. The van der Waals surface area contributed by atoms with Gasteiger partial charge in [0.15, 0.2) is 0 Å². The molecule has 1 saturated carbocycles. The normalized spacial score (nSPS) is 23.3. The van der Waals surface area contributed by atoms with Gasteiger partial charge < -0.3 is 15.4 Å². The summed E-state index contributed by atoms with van der Waals surface area (Å²) >= 11 is 0. The highest BCUT2D eigenvalue weighted by atomic mass is 19.1. The molecule has 7 heteroatoms. The van der Waals surface area contributed by atoms with Crippen molar-refractivity contribution in [2.45, 2.75) is 51.0 Å². The molecule has 1 aromatic rings. The molecule has 1 saturated heterocycles. The third kappa shape index (κ3) is 6.65. The van der Waals surface area contributed by atoms with Gasteiger partial charge in [0.05, 0.1) is 11.7 Å². The van der Waals surface area contributed by atoms with Crippen LogP contribution in [-0.2, 0) is 9.53 Å². The molecule has 1 unspecified atom stereocenters. The predicted octanol–water partition coefficient (Wildman–Crippen LogP) is 3.30. The lowest BCUT2D eigenvalue weighted by Crippen LogP contribution is -2.47. The number of rotatable bonds is 9. The number of anilines is 1. The molecular formula is C24H35FN4O2. The van der Waals surface area contributed by atoms with E-state index >= 15 is 0 Å². The van der Waals surface area contributed by atoms with Crippen molar-refractivity contribution >= 4 is 11.6 Å². The number of amides is 1. The predicted molar refractivity (Wildman–Crippen MR) is 119 cm³/mol. The summed E-state index contributed by atoms with van der Waals surface area (Å²) in [6, 6.07) is 6.73. The number of piperazine rings is 1. The number of carbonyl (C=O) groups is 1. The Bertz CT molecular complexity index is 765. The Morgan fingerprint density at radius 1 is 1.26 bits per heavy atom. The quantitative estimate of drug-likeness (QED) is 0.650. The molecule has 2 N–H and O–H groups in total. The Hall–Kier alpha value is -2.17. The summed E-state index contributed by atoms with van der Waals surface area (Å²) in [6.45, 7) is 4.91. The maximum atomic E-state index is 13.6. The number of ether oxygens (including phenoxy) is 1. The standard InChI is InChI=1S/C24H35FN4O2/c1-31-23(8-9-24(27)30)19-4-2-18(3-5-19)10-11-28-12-14-29(15-13-28)21-6-7-22(25)20(16-21)17-26/h6-7,16,18-19,23H,2-5,8-15H2,1H3,(H2,27,30). The smallest absolute Gasteiger partial charge is 0.217 e. The molecule has 170 valence electrons. The van der Waals surface area contributed by atoms with E-state index in [1.807, 2.05) is 6.07 Å². The number of hydrogen-bond acceptors (Lipinski definition) is 5. The number of nitriles is 1. The van der Waals surface area contributed by atoms with Gasteiger partial charge in [0.25, 0.3) is 0 Å². The highest BCUT2D eigenvalue weighted by Crippen LogP contribution is 2.35. The Labute approximate surface area is 185 Å². The fraction of sp³-hybridized carbons (Fsp3) is 0.667. The van der Waals surface area contributed by atoms with E-state index in [9.17, 15) is 9.18 Å². The first-order valence-electron chi connectivity index (χ1n) is 11.5. The van der Waals surface area contributed by atoms with Crippen molar-refractivity contribution in [1.82, 2.24) is 4.90 Å². The molecule has 1 amide bonds. The van der Waals surface area contributed by atoms with Crippen molar-refractivity contribution in [3.63, 3.8) is 0 Å². The molecule has 0 aromatic heterocycles. The zero-order valence-corrected chi connectivity index (χ0v) is 18.6. The summed E-state index contributed by atoms with van der Waals surface area (Å²) in [5, 5.41) is 9.04. The topological polar surface area (TPSA) is 82.6 Å². The molecule has 2 fully saturated rings. The highest BCUT2D eigenvalue weighted by molar-refractivity contribution is 5.73. The first-order valence-corrected chi connectivity index (χ1v) is 11.5. The van der Waals surface area contributed by atoms with Gasteiger partial charge in [-0.3, -0.25) is 9.69 Å². The lowest BCUT2D eigenvalue weighted by atomic mass is 9.77. The minimum atomic E-state index is -0.454. The van der Waals surface area contributed by atoms with E-state index < -0.39 is 5.82 Å². The molecule has 6 nitrogen and oxygen atoms in total. The number of hydrogen-bond donors (Lipinski definition) is 1. The van der Waals surface area contributed by atoms with Crippen LogP contribution in [0, 0.1) is 29.0 Å². The summed E-state index contributed by atoms with van der Waals surface area (Å²) in [7, 11) is 1.74. The molecule has 1 aliphatic heterocycles. The van der Waals surface area contributed by atoms with Gasteiger partial charge in [0.2, 0.25) is 5.91 Å². The van der Waals surface area contributed by atoms with E-state index in [4.69, 9.17) is 15.7 Å². The van der Waals surface area contributed by atoms with Gasteiger partial charge >= 0.3 is 0 Å². The Kier molecular flexibility index (Phi) is 8.68. The Balaban J connectivity index is 1.37. The lowest BCUT2D eigenvalue weighted by molar-refractivity contribution is -0.119. The van der Waals surface area contributed by atoms with Crippen molar-refractivity contribution in [1.29, 1.82) is 5.26 Å². The van der Waals surface area contributed by atoms with Crippen LogP contribution < -0.4 is 10.6 Å². The van der Waals surface area contributed by atoms with Crippen molar-refractivity contribution in [2.75, 3.05) is 44.7 Å². The summed E-state index contributed by atoms with van der Waals surface area (Å²) < 4.78 is 19.2. The number of nitrogens with zero attached hydrogens (tertiary/aromatic N) is 3. The second-order valence-corrected chi connectivity index (χ2v) is 8.95. The maximum absolute atomic E-state index is 13.6. The SMILES string of the molecule is COC(CCC(N)=O)C1CCC(CCN2CCN(c3ccc(F)c(C#N)c3)CC2)CC1.